The summed E-state index contributed by atoms with van der Waals surface area (Å²) in [5, 5.41) is 4.33. The summed E-state index contributed by atoms with van der Waals surface area (Å²) >= 11 is 0. The number of fused-ring (bicyclic) bond motifs is 7. The predicted molar refractivity (Wildman–Crippen MR) is 130 cm³/mol. The molecule has 0 radical (unpaired) electrons. The molecule has 3 heterocycles. The van der Waals surface area contributed by atoms with Gasteiger partial charge >= 0.3 is 0 Å². The summed E-state index contributed by atoms with van der Waals surface area (Å²) in [6.07, 6.45) is 1.86. The Balaban J connectivity index is 1.43. The maximum atomic E-state index is 6.26. The highest BCUT2D eigenvalue weighted by atomic mass is 16.3. The van der Waals surface area contributed by atoms with Crippen molar-refractivity contribution in [3.8, 4) is 22.4 Å². The van der Waals surface area contributed by atoms with Gasteiger partial charge in [0.15, 0.2) is 0 Å². The SMILES string of the molecule is c1ccc(-c2cc(-c3ccc4c(c3)oc3ccc5c6ccccc6oc5c34)ccn2)cc1. The maximum absolute atomic E-state index is 6.26. The van der Waals surface area contributed by atoms with Crippen LogP contribution < -0.4 is 0 Å². The molecule has 3 aromatic heterocycles. The predicted octanol–water partition coefficient (Wildman–Crippen LogP) is 8.21. The largest absolute Gasteiger partial charge is 0.456 e. The quantitative estimate of drug-likeness (QED) is 0.288. The van der Waals surface area contributed by atoms with Gasteiger partial charge in [0.2, 0.25) is 0 Å². The number of pyridine rings is 1. The molecule has 32 heavy (non-hydrogen) atoms. The summed E-state index contributed by atoms with van der Waals surface area (Å²) < 4.78 is 12.5. The highest BCUT2D eigenvalue weighted by Crippen LogP contribution is 2.40. The molecule has 0 fully saturated rings. The van der Waals surface area contributed by atoms with Crippen LogP contribution in [0.1, 0.15) is 0 Å². The third kappa shape index (κ3) is 2.51. The Bertz CT molecular complexity index is 1770. The molecule has 0 N–H and O–H groups in total. The lowest BCUT2D eigenvalue weighted by Crippen LogP contribution is -1.85. The lowest BCUT2D eigenvalue weighted by atomic mass is 10.0. The maximum Gasteiger partial charge on any atom is 0.147 e. The zero-order valence-electron chi connectivity index (χ0n) is 17.1. The molecule has 3 heteroatoms. The first-order chi connectivity index (χ1) is 15.8. The molecule has 0 unspecified atom stereocenters. The summed E-state index contributed by atoms with van der Waals surface area (Å²) in [7, 11) is 0. The Morgan fingerprint density at radius 2 is 1.31 bits per heavy atom. The molecule has 0 aliphatic carbocycles. The van der Waals surface area contributed by atoms with E-state index in [9.17, 15) is 0 Å². The number of nitrogens with zero attached hydrogens (tertiary/aromatic N) is 1. The van der Waals surface area contributed by atoms with E-state index in [4.69, 9.17) is 8.83 Å². The van der Waals surface area contributed by atoms with Gasteiger partial charge in [-0.1, -0.05) is 54.6 Å². The summed E-state index contributed by atoms with van der Waals surface area (Å²) in [5.74, 6) is 0. The van der Waals surface area contributed by atoms with Crippen LogP contribution in [0.2, 0.25) is 0 Å². The molecule has 7 rings (SSSR count). The van der Waals surface area contributed by atoms with Crippen molar-refractivity contribution >= 4 is 43.9 Å². The molecular formula is C29H17NO2. The fourth-order valence-electron chi connectivity index (χ4n) is 4.60. The molecule has 0 saturated carbocycles. The number of rotatable bonds is 2. The number of hydrogen-bond donors (Lipinski definition) is 0. The summed E-state index contributed by atoms with van der Waals surface area (Å²) in [5.41, 5.74) is 7.72. The van der Waals surface area contributed by atoms with Crippen LogP contribution in [0.4, 0.5) is 0 Å². The topological polar surface area (TPSA) is 39.2 Å². The van der Waals surface area contributed by atoms with Gasteiger partial charge in [-0.25, -0.2) is 0 Å². The van der Waals surface area contributed by atoms with Crippen molar-refractivity contribution in [1.82, 2.24) is 4.98 Å². The molecule has 0 aliphatic rings. The van der Waals surface area contributed by atoms with E-state index in [1.165, 1.54) is 0 Å². The molecule has 7 aromatic rings. The van der Waals surface area contributed by atoms with Crippen LogP contribution in [0.25, 0.3) is 66.3 Å². The number of furan rings is 2. The third-order valence-electron chi connectivity index (χ3n) is 6.14. The summed E-state index contributed by atoms with van der Waals surface area (Å²) in [6, 6.07) is 33.0. The monoisotopic (exact) mass is 411 g/mol. The molecule has 150 valence electrons. The highest BCUT2D eigenvalue weighted by Gasteiger charge is 2.16. The van der Waals surface area contributed by atoms with Gasteiger partial charge in [-0.3, -0.25) is 4.98 Å². The van der Waals surface area contributed by atoms with E-state index in [2.05, 4.69) is 53.5 Å². The van der Waals surface area contributed by atoms with E-state index in [1.807, 2.05) is 54.7 Å². The van der Waals surface area contributed by atoms with E-state index in [0.29, 0.717) is 0 Å². The van der Waals surface area contributed by atoms with Gasteiger partial charge in [-0.15, -0.1) is 0 Å². The first-order valence-corrected chi connectivity index (χ1v) is 10.6. The Hall–Kier alpha value is -4.37. The van der Waals surface area contributed by atoms with Crippen LogP contribution in [0.15, 0.2) is 112 Å². The number of benzene rings is 4. The van der Waals surface area contributed by atoms with Crippen molar-refractivity contribution in [2.45, 2.75) is 0 Å². The molecule has 0 atom stereocenters. The molecule has 3 nitrogen and oxygen atoms in total. The first-order valence-electron chi connectivity index (χ1n) is 10.6. The molecule has 4 aromatic carbocycles. The van der Waals surface area contributed by atoms with Crippen LogP contribution in [-0.4, -0.2) is 4.98 Å². The minimum Gasteiger partial charge on any atom is -0.456 e. The Morgan fingerprint density at radius 1 is 0.500 bits per heavy atom. The van der Waals surface area contributed by atoms with E-state index >= 15 is 0 Å². The van der Waals surface area contributed by atoms with Crippen molar-refractivity contribution in [3.05, 3.63) is 103 Å². The number of para-hydroxylation sites is 1. The van der Waals surface area contributed by atoms with Crippen molar-refractivity contribution in [1.29, 1.82) is 0 Å². The molecule has 0 saturated heterocycles. The third-order valence-corrected chi connectivity index (χ3v) is 6.14. The van der Waals surface area contributed by atoms with Crippen LogP contribution >= 0.6 is 0 Å². The van der Waals surface area contributed by atoms with Gasteiger partial charge < -0.3 is 8.83 Å². The standard InChI is InChI=1S/C29H17NO2/c1-2-6-18(7-3-1)24-16-20(14-15-30-24)19-10-11-23-27(17-19)31-26-13-12-22-21-8-4-5-9-25(21)32-29(22)28(23)26/h1-17H. The first kappa shape index (κ1) is 17.3. The fraction of sp³-hybridized carbons (Fsp3) is 0. The smallest absolute Gasteiger partial charge is 0.147 e. The Morgan fingerprint density at radius 3 is 2.25 bits per heavy atom. The van der Waals surface area contributed by atoms with Gasteiger partial charge in [-0.2, -0.15) is 0 Å². The van der Waals surface area contributed by atoms with Crippen molar-refractivity contribution in [2.75, 3.05) is 0 Å². The minimum absolute atomic E-state index is 0.836. The van der Waals surface area contributed by atoms with Crippen molar-refractivity contribution in [3.63, 3.8) is 0 Å². The van der Waals surface area contributed by atoms with E-state index in [-0.39, 0.29) is 0 Å². The Kier molecular flexibility index (Phi) is 3.55. The van der Waals surface area contributed by atoms with Crippen LogP contribution in [0.3, 0.4) is 0 Å². The molecular weight excluding hydrogens is 394 g/mol. The second-order valence-corrected chi connectivity index (χ2v) is 8.02. The molecule has 0 bridgehead atoms. The number of hydrogen-bond acceptors (Lipinski definition) is 3. The fourth-order valence-corrected chi connectivity index (χ4v) is 4.60. The molecule has 0 aliphatic heterocycles. The van der Waals surface area contributed by atoms with E-state index in [1.54, 1.807) is 0 Å². The van der Waals surface area contributed by atoms with Crippen LogP contribution in [0, 0.1) is 0 Å². The van der Waals surface area contributed by atoms with E-state index in [0.717, 1.165) is 66.3 Å². The van der Waals surface area contributed by atoms with Crippen LogP contribution in [-0.2, 0) is 0 Å². The van der Waals surface area contributed by atoms with E-state index < -0.39 is 0 Å². The zero-order valence-corrected chi connectivity index (χ0v) is 17.1. The van der Waals surface area contributed by atoms with Crippen LogP contribution in [0.5, 0.6) is 0 Å². The second kappa shape index (κ2) is 6.56. The normalized spacial score (nSPS) is 11.8. The second-order valence-electron chi connectivity index (χ2n) is 8.02. The lowest BCUT2D eigenvalue weighted by Gasteiger charge is -2.05. The van der Waals surface area contributed by atoms with Gasteiger partial charge in [0.25, 0.3) is 0 Å². The van der Waals surface area contributed by atoms with Crippen molar-refractivity contribution < 1.29 is 8.83 Å². The Labute approximate surface area is 183 Å². The molecule has 0 spiro atoms. The summed E-state index contributed by atoms with van der Waals surface area (Å²) in [6.45, 7) is 0. The average Bonchev–Trinajstić information content (AvgIpc) is 3.42. The van der Waals surface area contributed by atoms with Crippen molar-refractivity contribution in [2.24, 2.45) is 0 Å². The highest BCUT2D eigenvalue weighted by molar-refractivity contribution is 6.22. The minimum atomic E-state index is 0.836. The van der Waals surface area contributed by atoms with Gasteiger partial charge in [0, 0.05) is 27.9 Å². The number of aromatic nitrogens is 1. The average molecular weight is 411 g/mol. The summed E-state index contributed by atoms with van der Waals surface area (Å²) in [4.78, 5) is 4.55. The molecule has 0 amide bonds. The lowest BCUT2D eigenvalue weighted by molar-refractivity contribution is 0.663. The van der Waals surface area contributed by atoms with Gasteiger partial charge in [0.05, 0.1) is 11.1 Å². The zero-order chi connectivity index (χ0) is 21.1. The van der Waals surface area contributed by atoms with Gasteiger partial charge in [0.1, 0.15) is 22.3 Å². The van der Waals surface area contributed by atoms with Gasteiger partial charge in [-0.05, 0) is 53.6 Å².